The molecule has 0 aliphatic carbocycles. The van der Waals surface area contributed by atoms with Crippen LogP contribution in [0.1, 0.15) is 45.3 Å². The zero-order chi connectivity index (χ0) is 11.9. The van der Waals surface area contributed by atoms with Crippen molar-refractivity contribution in [1.29, 1.82) is 0 Å². The summed E-state index contributed by atoms with van der Waals surface area (Å²) in [5.74, 6) is 0.311. The van der Waals surface area contributed by atoms with E-state index in [1.807, 2.05) is 32.0 Å². The van der Waals surface area contributed by atoms with Crippen molar-refractivity contribution in [3.05, 3.63) is 34.4 Å². The Hall–Kier alpha value is -1.58. The monoisotopic (exact) mass is 219 g/mol. The van der Waals surface area contributed by atoms with Gasteiger partial charge in [0.15, 0.2) is 5.65 Å². The molecule has 2 heterocycles. The van der Waals surface area contributed by atoms with Crippen LogP contribution in [0.25, 0.3) is 5.65 Å². The lowest BCUT2D eigenvalue weighted by molar-refractivity contribution is 0.513. The van der Waals surface area contributed by atoms with Crippen molar-refractivity contribution in [3.8, 4) is 0 Å². The quantitative estimate of drug-likeness (QED) is 0.776. The number of rotatable bonds is 2. The second kappa shape index (κ2) is 3.77. The predicted octanol–water partition coefficient (Wildman–Crippen LogP) is 2.20. The van der Waals surface area contributed by atoms with Crippen LogP contribution in [0.2, 0.25) is 0 Å². The van der Waals surface area contributed by atoms with Crippen LogP contribution in [0, 0.1) is 0 Å². The fraction of sp³-hybridized carbons (Fsp3) is 0.500. The molecule has 0 amide bonds. The Bertz CT molecular complexity index is 563. The fourth-order valence-electron chi connectivity index (χ4n) is 1.84. The molecule has 0 bridgehead atoms. The minimum atomic E-state index is -0.0469. The zero-order valence-electron chi connectivity index (χ0n) is 10.1. The topological polar surface area (TPSA) is 39.3 Å². The van der Waals surface area contributed by atoms with Gasteiger partial charge in [-0.25, -0.2) is 13.9 Å². The molecule has 0 aliphatic heterocycles. The molecule has 0 N–H and O–H groups in total. The van der Waals surface area contributed by atoms with Crippen molar-refractivity contribution in [1.82, 2.24) is 14.2 Å². The van der Waals surface area contributed by atoms with Gasteiger partial charge in [-0.3, -0.25) is 0 Å². The molecule has 2 aromatic rings. The SMILES string of the molecule is CC(C)c1cccc2nn(C(C)C)c(=O)n12. The van der Waals surface area contributed by atoms with Crippen LogP contribution in [0.15, 0.2) is 23.0 Å². The van der Waals surface area contributed by atoms with Gasteiger partial charge < -0.3 is 0 Å². The third-order valence-electron chi connectivity index (χ3n) is 2.68. The van der Waals surface area contributed by atoms with Crippen molar-refractivity contribution in [3.63, 3.8) is 0 Å². The second-order valence-electron chi connectivity index (χ2n) is 4.62. The molecule has 4 heteroatoms. The summed E-state index contributed by atoms with van der Waals surface area (Å²) in [4.78, 5) is 12.2. The third kappa shape index (κ3) is 1.54. The van der Waals surface area contributed by atoms with Crippen molar-refractivity contribution in [2.45, 2.75) is 39.7 Å². The molecule has 2 rings (SSSR count). The molecule has 0 aromatic carbocycles. The highest BCUT2D eigenvalue weighted by Crippen LogP contribution is 2.14. The molecule has 86 valence electrons. The van der Waals surface area contributed by atoms with E-state index in [1.165, 1.54) is 4.68 Å². The van der Waals surface area contributed by atoms with Gasteiger partial charge in [0.25, 0.3) is 0 Å². The maximum atomic E-state index is 12.2. The number of aromatic nitrogens is 3. The Morgan fingerprint density at radius 3 is 2.44 bits per heavy atom. The van der Waals surface area contributed by atoms with E-state index in [0.29, 0.717) is 5.92 Å². The van der Waals surface area contributed by atoms with E-state index in [1.54, 1.807) is 4.40 Å². The molecular formula is C12H17N3O. The Kier molecular flexibility index (Phi) is 2.58. The lowest BCUT2D eigenvalue weighted by Gasteiger charge is -2.06. The number of pyridine rings is 1. The molecular weight excluding hydrogens is 202 g/mol. The first kappa shape index (κ1) is 10.9. The number of hydrogen-bond donors (Lipinski definition) is 0. The fourth-order valence-corrected chi connectivity index (χ4v) is 1.84. The van der Waals surface area contributed by atoms with Gasteiger partial charge in [-0.1, -0.05) is 19.9 Å². The number of nitrogens with zero attached hydrogens (tertiary/aromatic N) is 3. The molecule has 0 fully saturated rings. The summed E-state index contributed by atoms with van der Waals surface area (Å²) >= 11 is 0. The molecule has 0 aliphatic rings. The zero-order valence-corrected chi connectivity index (χ0v) is 10.1. The van der Waals surface area contributed by atoms with E-state index >= 15 is 0 Å². The van der Waals surface area contributed by atoms with Crippen LogP contribution in [-0.2, 0) is 0 Å². The maximum Gasteiger partial charge on any atom is 0.350 e. The molecule has 0 radical (unpaired) electrons. The van der Waals surface area contributed by atoms with Crippen molar-refractivity contribution in [2.24, 2.45) is 0 Å². The minimum Gasteiger partial charge on any atom is -0.247 e. The lowest BCUT2D eigenvalue weighted by atomic mass is 10.1. The maximum absolute atomic E-state index is 12.2. The van der Waals surface area contributed by atoms with E-state index in [-0.39, 0.29) is 11.7 Å². The van der Waals surface area contributed by atoms with E-state index in [2.05, 4.69) is 18.9 Å². The van der Waals surface area contributed by atoms with Crippen LogP contribution < -0.4 is 5.69 Å². The van der Waals surface area contributed by atoms with Gasteiger partial charge >= 0.3 is 5.69 Å². The van der Waals surface area contributed by atoms with Crippen LogP contribution in [-0.4, -0.2) is 14.2 Å². The highest BCUT2D eigenvalue weighted by atomic mass is 16.2. The predicted molar refractivity (Wildman–Crippen MR) is 63.9 cm³/mol. The smallest absolute Gasteiger partial charge is 0.247 e. The first-order valence-corrected chi connectivity index (χ1v) is 5.62. The second-order valence-corrected chi connectivity index (χ2v) is 4.62. The van der Waals surface area contributed by atoms with Crippen molar-refractivity contribution < 1.29 is 0 Å². The average Bonchev–Trinajstić information content (AvgIpc) is 2.56. The van der Waals surface area contributed by atoms with Gasteiger partial charge in [-0.15, -0.1) is 5.10 Å². The first-order valence-electron chi connectivity index (χ1n) is 5.62. The standard InChI is InChI=1S/C12H17N3O/c1-8(2)10-6-5-7-11-13-15(9(3)4)12(16)14(10)11/h5-9H,1-4H3. The molecule has 16 heavy (non-hydrogen) atoms. The average molecular weight is 219 g/mol. The van der Waals surface area contributed by atoms with Gasteiger partial charge in [0.2, 0.25) is 0 Å². The van der Waals surface area contributed by atoms with E-state index < -0.39 is 0 Å². The van der Waals surface area contributed by atoms with Gasteiger partial charge in [-0.05, 0) is 31.9 Å². The summed E-state index contributed by atoms with van der Waals surface area (Å²) in [5.41, 5.74) is 1.69. The Balaban J connectivity index is 2.83. The number of hydrogen-bond acceptors (Lipinski definition) is 2. The summed E-state index contributed by atoms with van der Waals surface area (Å²) in [7, 11) is 0. The molecule has 0 unspecified atom stereocenters. The van der Waals surface area contributed by atoms with Crippen LogP contribution in [0.3, 0.4) is 0 Å². The first-order chi connectivity index (χ1) is 7.52. The van der Waals surface area contributed by atoms with Gasteiger partial charge in [0.05, 0.1) is 6.04 Å². The highest BCUT2D eigenvalue weighted by Gasteiger charge is 2.13. The van der Waals surface area contributed by atoms with E-state index in [0.717, 1.165) is 11.3 Å². The Morgan fingerprint density at radius 2 is 1.88 bits per heavy atom. The Labute approximate surface area is 94.5 Å². The van der Waals surface area contributed by atoms with Crippen LogP contribution >= 0.6 is 0 Å². The molecule has 0 spiro atoms. The van der Waals surface area contributed by atoms with E-state index in [4.69, 9.17) is 0 Å². The summed E-state index contributed by atoms with van der Waals surface area (Å²) in [6.07, 6.45) is 0. The Morgan fingerprint density at radius 1 is 1.19 bits per heavy atom. The highest BCUT2D eigenvalue weighted by molar-refractivity contribution is 5.39. The van der Waals surface area contributed by atoms with Crippen LogP contribution in [0.5, 0.6) is 0 Å². The lowest BCUT2D eigenvalue weighted by Crippen LogP contribution is -2.24. The number of fused-ring (bicyclic) bond motifs is 1. The molecule has 4 nitrogen and oxygen atoms in total. The molecule has 0 saturated carbocycles. The van der Waals surface area contributed by atoms with Gasteiger partial charge in [-0.2, -0.15) is 0 Å². The van der Waals surface area contributed by atoms with Crippen molar-refractivity contribution >= 4 is 5.65 Å². The molecule has 0 atom stereocenters. The minimum absolute atomic E-state index is 0.0469. The summed E-state index contributed by atoms with van der Waals surface area (Å²) in [6.45, 7) is 8.08. The summed E-state index contributed by atoms with van der Waals surface area (Å²) in [5, 5.41) is 4.32. The summed E-state index contributed by atoms with van der Waals surface area (Å²) < 4.78 is 3.23. The van der Waals surface area contributed by atoms with Crippen molar-refractivity contribution in [2.75, 3.05) is 0 Å². The van der Waals surface area contributed by atoms with E-state index in [9.17, 15) is 4.79 Å². The summed E-state index contributed by atoms with van der Waals surface area (Å²) in [6, 6.07) is 5.88. The molecule has 2 aromatic heterocycles. The van der Waals surface area contributed by atoms with Gasteiger partial charge in [0.1, 0.15) is 0 Å². The third-order valence-corrected chi connectivity index (χ3v) is 2.68. The molecule has 0 saturated heterocycles. The van der Waals surface area contributed by atoms with Crippen LogP contribution in [0.4, 0.5) is 0 Å². The largest absolute Gasteiger partial charge is 0.350 e. The van der Waals surface area contributed by atoms with Gasteiger partial charge in [0, 0.05) is 5.69 Å². The normalized spacial score (nSPS) is 11.9.